The van der Waals surface area contributed by atoms with Crippen molar-refractivity contribution in [2.24, 2.45) is 5.73 Å². The zero-order valence-electron chi connectivity index (χ0n) is 11.2. The zero-order valence-corrected chi connectivity index (χ0v) is 13.6. The average Bonchev–Trinajstić information content (AvgIpc) is 2.32. The van der Waals surface area contributed by atoms with E-state index in [2.05, 4.69) is 21.2 Å². The highest BCUT2D eigenvalue weighted by Crippen LogP contribution is 2.30. The number of nitrogens with two attached hydrogens (primary N) is 1. The zero-order chi connectivity index (χ0) is 16.3. The molecule has 21 heavy (non-hydrogen) atoms. The maximum Gasteiger partial charge on any atom is 0.389 e. The quantitative estimate of drug-likeness (QED) is 0.755. The molecular formula is C13H15BrClF3N2O. The highest BCUT2D eigenvalue weighted by atomic mass is 79.9. The first-order valence-electron chi connectivity index (χ1n) is 6.13. The number of halogens is 5. The van der Waals surface area contributed by atoms with Gasteiger partial charge in [-0.25, -0.2) is 0 Å². The van der Waals surface area contributed by atoms with Gasteiger partial charge < -0.3 is 11.1 Å². The summed E-state index contributed by atoms with van der Waals surface area (Å²) in [7, 11) is 0. The lowest BCUT2D eigenvalue weighted by atomic mass is 9.93. The molecule has 0 aliphatic carbocycles. The highest BCUT2D eigenvalue weighted by Gasteiger charge is 2.33. The van der Waals surface area contributed by atoms with Gasteiger partial charge in [-0.2, -0.15) is 13.2 Å². The minimum absolute atomic E-state index is 0.0257. The molecular weight excluding hydrogens is 373 g/mol. The van der Waals surface area contributed by atoms with Gasteiger partial charge in [0.25, 0.3) is 0 Å². The smallest absolute Gasteiger partial charge is 0.371 e. The third-order valence-electron chi connectivity index (χ3n) is 3.02. The standard InChI is InChI=1S/C13H15BrClF3N2O/c1-12(11(19)21,5-2-6-13(16,17)18)20-8-3-4-10(15)9(14)7-8/h3-4,7,20H,2,5-6H2,1H3,(H2,19,21). The maximum absolute atomic E-state index is 12.2. The van der Waals surface area contributed by atoms with Crippen LogP contribution < -0.4 is 11.1 Å². The van der Waals surface area contributed by atoms with E-state index in [9.17, 15) is 18.0 Å². The Hall–Kier alpha value is -0.950. The van der Waals surface area contributed by atoms with Gasteiger partial charge in [-0.1, -0.05) is 11.6 Å². The first-order chi connectivity index (χ1) is 9.53. The first kappa shape index (κ1) is 18.1. The predicted octanol–water partition coefficient (Wildman–Crippen LogP) is 4.49. The number of anilines is 1. The minimum Gasteiger partial charge on any atom is -0.371 e. The van der Waals surface area contributed by atoms with E-state index in [0.717, 1.165) is 0 Å². The van der Waals surface area contributed by atoms with Crippen molar-refractivity contribution < 1.29 is 18.0 Å². The molecule has 0 saturated carbocycles. The Morgan fingerprint density at radius 3 is 2.48 bits per heavy atom. The Morgan fingerprint density at radius 1 is 1.38 bits per heavy atom. The van der Waals surface area contributed by atoms with Gasteiger partial charge in [-0.15, -0.1) is 0 Å². The number of rotatable bonds is 6. The van der Waals surface area contributed by atoms with Crippen molar-refractivity contribution in [3.05, 3.63) is 27.7 Å². The molecule has 1 aromatic carbocycles. The second-order valence-electron chi connectivity index (χ2n) is 4.92. The van der Waals surface area contributed by atoms with Crippen molar-refractivity contribution in [2.45, 2.75) is 37.9 Å². The summed E-state index contributed by atoms with van der Waals surface area (Å²) in [5, 5.41) is 3.36. The van der Waals surface area contributed by atoms with Crippen molar-refractivity contribution in [3.8, 4) is 0 Å². The molecule has 0 heterocycles. The average molecular weight is 388 g/mol. The Morgan fingerprint density at radius 2 is 2.00 bits per heavy atom. The summed E-state index contributed by atoms with van der Waals surface area (Å²) in [6, 6.07) is 4.86. The van der Waals surface area contributed by atoms with Gasteiger partial charge in [0.05, 0.1) is 5.02 Å². The molecule has 3 nitrogen and oxygen atoms in total. The van der Waals surface area contributed by atoms with E-state index < -0.39 is 24.0 Å². The van der Waals surface area contributed by atoms with Crippen LogP contribution in [0.5, 0.6) is 0 Å². The number of hydrogen-bond donors (Lipinski definition) is 2. The van der Waals surface area contributed by atoms with Crippen LogP contribution in [0.25, 0.3) is 0 Å². The Balaban J connectivity index is 2.80. The number of benzene rings is 1. The molecule has 1 unspecified atom stereocenters. The van der Waals surface area contributed by atoms with Gasteiger partial charge >= 0.3 is 6.18 Å². The molecule has 118 valence electrons. The summed E-state index contributed by atoms with van der Waals surface area (Å²) in [6.45, 7) is 1.48. The molecule has 1 amide bonds. The molecule has 0 aliphatic rings. The van der Waals surface area contributed by atoms with Gasteiger partial charge in [0, 0.05) is 16.6 Å². The number of nitrogens with one attached hydrogen (secondary N) is 1. The topological polar surface area (TPSA) is 55.1 Å². The molecule has 1 rings (SSSR count). The van der Waals surface area contributed by atoms with Crippen LogP contribution in [-0.2, 0) is 4.79 Å². The summed E-state index contributed by atoms with van der Waals surface area (Å²) in [6.07, 6.45) is -5.42. The number of amides is 1. The summed E-state index contributed by atoms with van der Waals surface area (Å²) >= 11 is 9.09. The lowest BCUT2D eigenvalue weighted by Gasteiger charge is -2.29. The van der Waals surface area contributed by atoms with Crippen LogP contribution in [0.4, 0.5) is 18.9 Å². The van der Waals surface area contributed by atoms with E-state index in [1.807, 2.05) is 0 Å². The van der Waals surface area contributed by atoms with Crippen LogP contribution in [0.15, 0.2) is 22.7 Å². The van der Waals surface area contributed by atoms with Crippen molar-refractivity contribution in [1.29, 1.82) is 0 Å². The van der Waals surface area contributed by atoms with E-state index in [0.29, 0.717) is 15.2 Å². The minimum atomic E-state index is -4.25. The molecule has 0 spiro atoms. The third kappa shape index (κ3) is 5.74. The lowest BCUT2D eigenvalue weighted by molar-refractivity contribution is -0.137. The van der Waals surface area contributed by atoms with E-state index >= 15 is 0 Å². The van der Waals surface area contributed by atoms with Crippen molar-refractivity contribution in [2.75, 3.05) is 5.32 Å². The number of primary amides is 1. The predicted molar refractivity (Wildman–Crippen MR) is 80.3 cm³/mol. The number of alkyl halides is 3. The largest absolute Gasteiger partial charge is 0.389 e. The van der Waals surface area contributed by atoms with Crippen molar-refractivity contribution in [1.82, 2.24) is 0 Å². The maximum atomic E-state index is 12.2. The number of carbonyl (C=O) groups excluding carboxylic acids is 1. The van der Waals surface area contributed by atoms with Crippen LogP contribution in [0, 0.1) is 0 Å². The second-order valence-corrected chi connectivity index (χ2v) is 6.18. The van der Waals surface area contributed by atoms with Crippen molar-refractivity contribution >= 4 is 39.1 Å². The highest BCUT2D eigenvalue weighted by molar-refractivity contribution is 9.10. The van der Waals surface area contributed by atoms with E-state index in [-0.39, 0.29) is 12.8 Å². The van der Waals surface area contributed by atoms with E-state index in [1.54, 1.807) is 18.2 Å². The Labute approximate surface area is 134 Å². The molecule has 0 saturated heterocycles. The fourth-order valence-electron chi connectivity index (χ4n) is 1.78. The van der Waals surface area contributed by atoms with Gasteiger partial charge in [-0.05, 0) is 53.9 Å². The summed E-state index contributed by atoms with van der Waals surface area (Å²) in [4.78, 5) is 11.6. The van der Waals surface area contributed by atoms with Crippen LogP contribution in [0.1, 0.15) is 26.2 Å². The molecule has 0 bridgehead atoms. The van der Waals surface area contributed by atoms with Gasteiger partial charge in [0.1, 0.15) is 5.54 Å². The third-order valence-corrected chi connectivity index (χ3v) is 4.23. The fourth-order valence-corrected chi connectivity index (χ4v) is 2.28. The second kappa shape index (κ2) is 6.87. The van der Waals surface area contributed by atoms with Crippen LogP contribution in [0.3, 0.4) is 0 Å². The number of hydrogen-bond acceptors (Lipinski definition) is 2. The van der Waals surface area contributed by atoms with E-state index in [4.69, 9.17) is 17.3 Å². The molecule has 8 heteroatoms. The summed E-state index contributed by atoms with van der Waals surface area (Å²) < 4.78 is 37.2. The van der Waals surface area contributed by atoms with Crippen LogP contribution in [-0.4, -0.2) is 17.6 Å². The summed E-state index contributed by atoms with van der Waals surface area (Å²) in [5.41, 5.74) is 4.59. The molecule has 3 N–H and O–H groups in total. The summed E-state index contributed by atoms with van der Waals surface area (Å²) in [5.74, 6) is -0.712. The normalized spacial score (nSPS) is 14.6. The molecule has 1 aromatic rings. The lowest BCUT2D eigenvalue weighted by Crippen LogP contribution is -2.48. The Kier molecular flexibility index (Phi) is 5.92. The van der Waals surface area contributed by atoms with Crippen LogP contribution in [0.2, 0.25) is 5.02 Å². The van der Waals surface area contributed by atoms with E-state index in [1.165, 1.54) is 6.92 Å². The molecule has 0 fully saturated rings. The SMILES string of the molecule is CC(CCCC(F)(F)F)(Nc1ccc(Cl)c(Br)c1)C(N)=O. The van der Waals surface area contributed by atoms with Crippen LogP contribution >= 0.6 is 27.5 Å². The molecule has 1 atom stereocenters. The fraction of sp³-hybridized carbons (Fsp3) is 0.462. The molecule has 0 aromatic heterocycles. The van der Waals surface area contributed by atoms with Gasteiger partial charge in [0.2, 0.25) is 5.91 Å². The monoisotopic (exact) mass is 386 g/mol. The Bertz CT molecular complexity index is 525. The molecule has 0 aliphatic heterocycles. The van der Waals surface area contributed by atoms with Gasteiger partial charge in [0.15, 0.2) is 0 Å². The van der Waals surface area contributed by atoms with Gasteiger partial charge in [-0.3, -0.25) is 4.79 Å². The number of carbonyl (C=O) groups is 1. The first-order valence-corrected chi connectivity index (χ1v) is 7.30. The van der Waals surface area contributed by atoms with Crippen molar-refractivity contribution in [3.63, 3.8) is 0 Å². The molecule has 0 radical (unpaired) electrons.